The van der Waals surface area contributed by atoms with Crippen LogP contribution in [0, 0.1) is 5.92 Å². The summed E-state index contributed by atoms with van der Waals surface area (Å²) in [7, 11) is 1.00. The summed E-state index contributed by atoms with van der Waals surface area (Å²) < 4.78 is 19.2. The Morgan fingerprint density at radius 2 is 1.51 bits per heavy atom. The summed E-state index contributed by atoms with van der Waals surface area (Å²) in [6.45, 7) is 13.4. The fourth-order valence-electron chi connectivity index (χ4n) is 5.52. The van der Waals surface area contributed by atoms with Gasteiger partial charge in [-0.2, -0.15) is 0 Å². The van der Waals surface area contributed by atoms with Crippen LogP contribution in [-0.4, -0.2) is 59.6 Å². The van der Waals surface area contributed by atoms with E-state index in [-0.39, 0.29) is 18.0 Å². The van der Waals surface area contributed by atoms with E-state index < -0.39 is 0 Å². The number of carbonyl (C=O) groups is 2. The molecule has 292 valence electrons. The van der Waals surface area contributed by atoms with Crippen LogP contribution in [0.4, 0.5) is 0 Å². The standard InChI is InChI=1S/C42H70N2O5.CH4O/c1-6-7-13-22-39(5)29-35-47-33-18-11-8-9-14-24-40(49-42(46)26-20-31-44-32-30-43-36-44)25-15-10-12-19-34-48-41(45)28-27-38(4)23-17-16-21-37(2)3;1-2/h6-7,21,27-30,32,36,38,40H,8-20,22-26,31,33-35H2,1-5H3;2H,1H3/b7-6+,28-27?,39-29+;. The fraction of sp³-hybridized carbons (Fsp3) is 0.698. The van der Waals surface area contributed by atoms with Gasteiger partial charge in [0.2, 0.25) is 0 Å². The van der Waals surface area contributed by atoms with Gasteiger partial charge in [-0.15, -0.1) is 0 Å². The van der Waals surface area contributed by atoms with Crippen molar-refractivity contribution in [2.45, 2.75) is 163 Å². The number of imidazole rings is 1. The highest BCUT2D eigenvalue weighted by molar-refractivity contribution is 5.81. The topological polar surface area (TPSA) is 99.9 Å². The van der Waals surface area contributed by atoms with Crippen molar-refractivity contribution < 1.29 is 28.9 Å². The summed E-state index contributed by atoms with van der Waals surface area (Å²) >= 11 is 0. The third kappa shape index (κ3) is 32.7. The third-order valence-corrected chi connectivity index (χ3v) is 8.60. The normalized spacial score (nSPS) is 12.8. The lowest BCUT2D eigenvalue weighted by Gasteiger charge is -2.18. The molecule has 2 unspecified atom stereocenters. The summed E-state index contributed by atoms with van der Waals surface area (Å²) in [6, 6.07) is 0. The van der Waals surface area contributed by atoms with Gasteiger partial charge in [-0.3, -0.25) is 4.79 Å². The maximum atomic E-state index is 12.6. The number of unbranched alkanes of at least 4 members (excludes halogenated alkanes) is 8. The van der Waals surface area contributed by atoms with E-state index in [1.54, 1.807) is 18.6 Å². The lowest BCUT2D eigenvalue weighted by molar-refractivity contribution is -0.150. The number of nitrogens with zero attached hydrogens (tertiary/aromatic N) is 2. The van der Waals surface area contributed by atoms with Crippen LogP contribution in [0.15, 0.2) is 66.3 Å². The number of ether oxygens (including phenoxy) is 3. The van der Waals surface area contributed by atoms with Crippen LogP contribution in [0.25, 0.3) is 0 Å². The molecule has 0 aliphatic rings. The van der Waals surface area contributed by atoms with E-state index >= 15 is 0 Å². The summed E-state index contributed by atoms with van der Waals surface area (Å²) in [6.07, 6.45) is 35.7. The Balaban J connectivity index is 0.0000123. The van der Waals surface area contributed by atoms with E-state index in [0.717, 1.165) is 117 Å². The molecule has 0 aliphatic carbocycles. The summed E-state index contributed by atoms with van der Waals surface area (Å²) in [4.78, 5) is 28.8. The van der Waals surface area contributed by atoms with Gasteiger partial charge in [0.1, 0.15) is 6.10 Å². The van der Waals surface area contributed by atoms with Gasteiger partial charge in [0, 0.05) is 45.2 Å². The number of rotatable bonds is 31. The summed E-state index contributed by atoms with van der Waals surface area (Å²) in [5.74, 6) is 0.0226. The molecule has 0 spiro atoms. The Hall–Kier alpha value is -2.97. The van der Waals surface area contributed by atoms with E-state index in [1.807, 2.05) is 16.8 Å². The molecule has 0 radical (unpaired) electrons. The molecule has 51 heavy (non-hydrogen) atoms. The number of allylic oxidation sites excluding steroid dienone is 6. The molecule has 8 heteroatoms. The molecule has 0 amide bonds. The van der Waals surface area contributed by atoms with Gasteiger partial charge in [0.15, 0.2) is 0 Å². The first-order valence-corrected chi connectivity index (χ1v) is 19.7. The lowest BCUT2D eigenvalue weighted by atomic mass is 10.0. The first-order chi connectivity index (χ1) is 24.8. The Morgan fingerprint density at radius 1 is 0.824 bits per heavy atom. The Morgan fingerprint density at radius 3 is 2.18 bits per heavy atom. The first-order valence-electron chi connectivity index (χ1n) is 19.7. The zero-order valence-corrected chi connectivity index (χ0v) is 33.3. The van der Waals surface area contributed by atoms with Crippen molar-refractivity contribution in [3.05, 3.63) is 66.3 Å². The second-order valence-corrected chi connectivity index (χ2v) is 13.7. The number of carbonyl (C=O) groups excluding carboxylic acids is 2. The lowest BCUT2D eigenvalue weighted by Crippen LogP contribution is -2.18. The molecule has 0 aromatic carbocycles. The highest BCUT2D eigenvalue weighted by Crippen LogP contribution is 2.18. The number of esters is 2. The first kappa shape index (κ1) is 48.0. The minimum absolute atomic E-state index is 0.0288. The van der Waals surface area contributed by atoms with Crippen LogP contribution >= 0.6 is 0 Å². The molecule has 0 bridgehead atoms. The van der Waals surface area contributed by atoms with Gasteiger partial charge in [-0.1, -0.05) is 80.6 Å². The minimum Gasteiger partial charge on any atom is -0.463 e. The molecule has 1 rings (SSSR count). The van der Waals surface area contributed by atoms with Gasteiger partial charge in [-0.25, -0.2) is 9.78 Å². The van der Waals surface area contributed by atoms with Gasteiger partial charge in [0.05, 0.1) is 19.5 Å². The molecule has 0 saturated carbocycles. The number of aryl methyl sites for hydroxylation is 1. The van der Waals surface area contributed by atoms with E-state index in [4.69, 9.17) is 19.3 Å². The monoisotopic (exact) mass is 715 g/mol. The van der Waals surface area contributed by atoms with E-state index in [9.17, 15) is 9.59 Å². The third-order valence-electron chi connectivity index (χ3n) is 8.60. The van der Waals surface area contributed by atoms with Crippen LogP contribution < -0.4 is 0 Å². The molecule has 0 saturated heterocycles. The van der Waals surface area contributed by atoms with Crippen molar-refractivity contribution in [3.8, 4) is 0 Å². The van der Waals surface area contributed by atoms with E-state index in [1.165, 1.54) is 24.0 Å². The van der Waals surface area contributed by atoms with Crippen molar-refractivity contribution in [2.75, 3.05) is 26.9 Å². The Bertz CT molecular complexity index is 1070. The van der Waals surface area contributed by atoms with Gasteiger partial charge in [-0.05, 0) is 111 Å². The highest BCUT2D eigenvalue weighted by atomic mass is 16.5. The molecule has 1 heterocycles. The number of hydrogen-bond donors (Lipinski definition) is 1. The highest BCUT2D eigenvalue weighted by Gasteiger charge is 2.14. The molecule has 0 fully saturated rings. The van der Waals surface area contributed by atoms with E-state index in [2.05, 4.69) is 63.9 Å². The molecule has 2 atom stereocenters. The molecule has 8 nitrogen and oxygen atoms in total. The number of aliphatic hydroxyl groups excluding tert-OH is 1. The fourth-order valence-corrected chi connectivity index (χ4v) is 5.52. The van der Waals surface area contributed by atoms with Crippen molar-refractivity contribution in [1.82, 2.24) is 9.55 Å². The maximum absolute atomic E-state index is 12.6. The van der Waals surface area contributed by atoms with Gasteiger partial charge in [0.25, 0.3) is 0 Å². The molecular weight excluding hydrogens is 640 g/mol. The zero-order valence-electron chi connectivity index (χ0n) is 33.3. The van der Waals surface area contributed by atoms with Crippen molar-refractivity contribution in [3.63, 3.8) is 0 Å². The van der Waals surface area contributed by atoms with Gasteiger partial charge >= 0.3 is 11.9 Å². The second-order valence-electron chi connectivity index (χ2n) is 13.7. The quantitative estimate of drug-likeness (QED) is 0.0354. The van der Waals surface area contributed by atoms with Crippen LogP contribution in [0.1, 0.15) is 150 Å². The molecule has 1 N–H and O–H groups in total. The summed E-state index contributed by atoms with van der Waals surface area (Å²) in [5, 5.41) is 7.00. The number of hydrogen-bond acceptors (Lipinski definition) is 7. The predicted molar refractivity (Wildman–Crippen MR) is 211 cm³/mol. The minimum atomic E-state index is -0.248. The molecular formula is C43H74N2O6. The average molecular weight is 715 g/mol. The van der Waals surface area contributed by atoms with Gasteiger partial charge < -0.3 is 23.9 Å². The van der Waals surface area contributed by atoms with Crippen molar-refractivity contribution >= 4 is 11.9 Å². The van der Waals surface area contributed by atoms with E-state index in [0.29, 0.717) is 25.6 Å². The molecule has 0 aliphatic heterocycles. The largest absolute Gasteiger partial charge is 0.463 e. The van der Waals surface area contributed by atoms with Crippen LogP contribution in [0.5, 0.6) is 0 Å². The Kier molecular flexibility index (Phi) is 33.4. The van der Waals surface area contributed by atoms with Crippen molar-refractivity contribution in [1.29, 1.82) is 0 Å². The average Bonchev–Trinajstić information content (AvgIpc) is 3.64. The zero-order chi connectivity index (χ0) is 37.8. The molecule has 1 aromatic rings. The number of aromatic nitrogens is 2. The van der Waals surface area contributed by atoms with Crippen LogP contribution in [0.2, 0.25) is 0 Å². The SMILES string of the molecule is C/C=C/CC/C(C)=C/COCCCCCCCC(CCCCCCOC(=O)C=CC(C)CCCC=C(C)C)OC(=O)CCCn1ccnc1.CO. The number of aliphatic hydroxyl groups is 1. The predicted octanol–water partition coefficient (Wildman–Crippen LogP) is 10.7. The van der Waals surface area contributed by atoms with Crippen LogP contribution in [0.3, 0.4) is 0 Å². The Labute approximate surface area is 311 Å². The smallest absolute Gasteiger partial charge is 0.330 e. The van der Waals surface area contributed by atoms with Crippen molar-refractivity contribution in [2.24, 2.45) is 5.92 Å². The van der Waals surface area contributed by atoms with Crippen LogP contribution in [-0.2, 0) is 30.3 Å². The second kappa shape index (κ2) is 35.4. The summed E-state index contributed by atoms with van der Waals surface area (Å²) in [5.41, 5.74) is 2.75. The maximum Gasteiger partial charge on any atom is 0.330 e. The molecule has 1 aromatic heterocycles.